The molecule has 0 heterocycles. The number of ether oxygens (including phenoxy) is 1. The maximum atomic E-state index is 14.5. The highest BCUT2D eigenvalue weighted by Crippen LogP contribution is 2.37. The number of hydrogen-bond donors (Lipinski definition) is 0. The molecule has 120 valence electrons. The third-order valence-electron chi connectivity index (χ3n) is 3.95. The minimum atomic E-state index is -0.793. The minimum Gasteiger partial charge on any atom is -0.482 e. The van der Waals surface area contributed by atoms with Crippen LogP contribution in [0.5, 0.6) is 5.75 Å². The number of rotatable bonds is 5. The fourth-order valence-corrected chi connectivity index (χ4v) is 3.02. The summed E-state index contributed by atoms with van der Waals surface area (Å²) in [6, 6.07) is 12.2. The third-order valence-corrected chi connectivity index (χ3v) is 4.81. The lowest BCUT2D eigenvalue weighted by molar-refractivity contribution is 0.0712. The second kappa shape index (κ2) is 7.14. The topological polar surface area (TPSA) is 33.0 Å². The van der Waals surface area contributed by atoms with Crippen molar-refractivity contribution in [3.63, 3.8) is 0 Å². The predicted molar refractivity (Wildman–Crippen MR) is 92.9 cm³/mol. The molecule has 0 aliphatic carbocycles. The molecule has 0 saturated heterocycles. The van der Waals surface area contributed by atoms with Gasteiger partial charge in [-0.3, -0.25) is 0 Å². The Kier molecular flexibility index (Phi) is 5.43. The van der Waals surface area contributed by atoms with Gasteiger partial charge in [0.25, 0.3) is 0 Å². The van der Waals surface area contributed by atoms with Crippen molar-refractivity contribution in [3.8, 4) is 11.8 Å². The Balaban J connectivity index is 2.47. The van der Waals surface area contributed by atoms with E-state index < -0.39 is 11.4 Å². The molecule has 0 aromatic heterocycles. The first-order chi connectivity index (χ1) is 10.9. The van der Waals surface area contributed by atoms with Gasteiger partial charge < -0.3 is 4.74 Å². The Morgan fingerprint density at radius 3 is 2.65 bits per heavy atom. The van der Waals surface area contributed by atoms with Crippen molar-refractivity contribution < 1.29 is 9.13 Å². The zero-order valence-electron chi connectivity index (χ0n) is 13.5. The molecule has 2 aromatic rings. The summed E-state index contributed by atoms with van der Waals surface area (Å²) in [6.45, 7) is 5.89. The maximum absolute atomic E-state index is 14.5. The maximum Gasteiger partial charge on any atom is 0.134 e. The smallest absolute Gasteiger partial charge is 0.134 e. The Bertz CT molecular complexity index is 754. The van der Waals surface area contributed by atoms with Crippen LogP contribution in [0.2, 0.25) is 0 Å². The van der Waals surface area contributed by atoms with Gasteiger partial charge in [-0.05, 0) is 44.5 Å². The van der Waals surface area contributed by atoms with Gasteiger partial charge in [-0.1, -0.05) is 41.4 Å². The molecule has 2 nitrogen and oxygen atoms in total. The van der Waals surface area contributed by atoms with Gasteiger partial charge in [0.1, 0.15) is 17.2 Å². The van der Waals surface area contributed by atoms with Crippen molar-refractivity contribution in [1.29, 1.82) is 5.26 Å². The molecule has 2 aromatic carbocycles. The molecule has 1 unspecified atom stereocenters. The molecule has 0 N–H and O–H groups in total. The molecule has 0 spiro atoms. The monoisotopic (exact) mass is 375 g/mol. The summed E-state index contributed by atoms with van der Waals surface area (Å²) in [5.74, 6) is 0.312. The molecule has 0 fully saturated rings. The summed E-state index contributed by atoms with van der Waals surface area (Å²) >= 11 is 3.49. The fraction of sp³-hybridized carbons (Fsp3) is 0.316. The Labute approximate surface area is 145 Å². The Morgan fingerprint density at radius 1 is 1.30 bits per heavy atom. The van der Waals surface area contributed by atoms with Crippen LogP contribution in [0, 0.1) is 24.1 Å². The first-order valence-electron chi connectivity index (χ1n) is 7.55. The highest BCUT2D eigenvalue weighted by atomic mass is 79.9. The Morgan fingerprint density at radius 2 is 2.04 bits per heavy atom. The number of nitriles is 1. The van der Waals surface area contributed by atoms with Crippen LogP contribution in [0.1, 0.15) is 43.4 Å². The second-order valence-electron chi connectivity index (χ2n) is 5.75. The first kappa shape index (κ1) is 17.5. The molecule has 0 amide bonds. The van der Waals surface area contributed by atoms with Gasteiger partial charge in [0.05, 0.1) is 11.6 Å². The third kappa shape index (κ3) is 3.73. The summed E-state index contributed by atoms with van der Waals surface area (Å²) in [5.41, 5.74) is 0.962. The largest absolute Gasteiger partial charge is 0.482 e. The van der Waals surface area contributed by atoms with E-state index in [2.05, 4.69) is 15.9 Å². The molecule has 0 saturated carbocycles. The number of nitrogens with zero attached hydrogens (tertiary/aromatic N) is 1. The SMILES string of the molecule is CCCC(C)(Oc1cccc(Br)c1C)c1ccc(C#N)cc1F. The van der Waals surface area contributed by atoms with E-state index in [0.29, 0.717) is 17.5 Å². The van der Waals surface area contributed by atoms with E-state index in [4.69, 9.17) is 10.00 Å². The van der Waals surface area contributed by atoms with Crippen LogP contribution in [-0.2, 0) is 5.60 Å². The molecule has 1 atom stereocenters. The van der Waals surface area contributed by atoms with E-state index in [1.165, 1.54) is 6.07 Å². The molecular weight excluding hydrogens is 357 g/mol. The van der Waals surface area contributed by atoms with Crippen molar-refractivity contribution in [2.45, 2.75) is 39.2 Å². The average molecular weight is 376 g/mol. The van der Waals surface area contributed by atoms with Crippen LogP contribution >= 0.6 is 15.9 Å². The molecule has 23 heavy (non-hydrogen) atoms. The standard InChI is InChI=1S/C19H19BrFNO/c1-4-10-19(3,15-9-8-14(12-22)11-17(15)21)23-18-7-5-6-16(20)13(18)2/h5-9,11H,4,10H2,1-3H3. The quantitative estimate of drug-likeness (QED) is 0.655. The van der Waals surface area contributed by atoms with Crippen LogP contribution in [-0.4, -0.2) is 0 Å². The number of hydrogen-bond acceptors (Lipinski definition) is 2. The molecule has 2 rings (SSSR count). The predicted octanol–water partition coefficient (Wildman–Crippen LogP) is 5.86. The van der Waals surface area contributed by atoms with Gasteiger partial charge in [0.15, 0.2) is 0 Å². The Hall–Kier alpha value is -1.86. The van der Waals surface area contributed by atoms with Crippen molar-refractivity contribution in [1.82, 2.24) is 0 Å². The van der Waals surface area contributed by atoms with Crippen LogP contribution in [0.4, 0.5) is 4.39 Å². The van der Waals surface area contributed by atoms with Crippen molar-refractivity contribution in [3.05, 3.63) is 63.4 Å². The number of halogens is 2. The van der Waals surface area contributed by atoms with Crippen LogP contribution < -0.4 is 4.74 Å². The van der Waals surface area contributed by atoms with E-state index in [0.717, 1.165) is 22.2 Å². The normalized spacial score (nSPS) is 13.2. The van der Waals surface area contributed by atoms with Crippen LogP contribution in [0.3, 0.4) is 0 Å². The average Bonchev–Trinajstić information content (AvgIpc) is 2.51. The van der Waals surface area contributed by atoms with E-state index in [1.54, 1.807) is 12.1 Å². The molecule has 4 heteroatoms. The van der Waals surface area contributed by atoms with Gasteiger partial charge in [0, 0.05) is 15.6 Å². The van der Waals surface area contributed by atoms with Crippen molar-refractivity contribution >= 4 is 15.9 Å². The van der Waals surface area contributed by atoms with Gasteiger partial charge >= 0.3 is 0 Å². The molecule has 0 aliphatic rings. The lowest BCUT2D eigenvalue weighted by Crippen LogP contribution is -2.31. The van der Waals surface area contributed by atoms with Crippen LogP contribution in [0.15, 0.2) is 40.9 Å². The summed E-state index contributed by atoms with van der Waals surface area (Å²) < 4.78 is 21.7. The van der Waals surface area contributed by atoms with Gasteiger partial charge in [0.2, 0.25) is 0 Å². The summed E-state index contributed by atoms with van der Waals surface area (Å²) in [5, 5.41) is 8.91. The van der Waals surface area contributed by atoms with E-state index in [-0.39, 0.29) is 0 Å². The zero-order valence-corrected chi connectivity index (χ0v) is 15.1. The molecule has 0 radical (unpaired) electrons. The summed E-state index contributed by atoms with van der Waals surface area (Å²) in [7, 11) is 0. The molecular formula is C19H19BrFNO. The zero-order chi connectivity index (χ0) is 17.0. The van der Waals surface area contributed by atoms with E-state index >= 15 is 0 Å². The summed E-state index contributed by atoms with van der Waals surface area (Å²) in [6.07, 6.45) is 1.52. The highest BCUT2D eigenvalue weighted by Gasteiger charge is 2.31. The summed E-state index contributed by atoms with van der Waals surface area (Å²) in [4.78, 5) is 0. The fourth-order valence-electron chi connectivity index (χ4n) is 2.67. The minimum absolute atomic E-state index is 0.309. The van der Waals surface area contributed by atoms with E-state index in [1.807, 2.05) is 45.0 Å². The number of benzene rings is 2. The highest BCUT2D eigenvalue weighted by molar-refractivity contribution is 9.10. The molecule has 0 aliphatic heterocycles. The lowest BCUT2D eigenvalue weighted by Gasteiger charge is -2.32. The first-order valence-corrected chi connectivity index (χ1v) is 8.35. The molecule has 0 bridgehead atoms. The van der Waals surface area contributed by atoms with Crippen LogP contribution in [0.25, 0.3) is 0 Å². The second-order valence-corrected chi connectivity index (χ2v) is 6.61. The van der Waals surface area contributed by atoms with Gasteiger partial charge in [-0.2, -0.15) is 5.26 Å². The van der Waals surface area contributed by atoms with E-state index in [9.17, 15) is 4.39 Å². The van der Waals surface area contributed by atoms with Crippen molar-refractivity contribution in [2.24, 2.45) is 0 Å². The van der Waals surface area contributed by atoms with Crippen molar-refractivity contribution in [2.75, 3.05) is 0 Å². The lowest BCUT2D eigenvalue weighted by atomic mass is 9.89. The van der Waals surface area contributed by atoms with Gasteiger partial charge in [-0.15, -0.1) is 0 Å². The van der Waals surface area contributed by atoms with Gasteiger partial charge in [-0.25, -0.2) is 4.39 Å².